The number of carbonyl (C=O) groups is 1. The number of ether oxygens (including phenoxy) is 1. The lowest BCUT2D eigenvalue weighted by molar-refractivity contribution is 0.0509. The summed E-state index contributed by atoms with van der Waals surface area (Å²) < 4.78 is 10.4. The summed E-state index contributed by atoms with van der Waals surface area (Å²) in [5, 5.41) is 10.8. The smallest absolute Gasteiger partial charge is 0.462 e. The molecule has 118 valence electrons. The molecule has 7 heteroatoms. The van der Waals surface area contributed by atoms with Crippen LogP contribution in [0.4, 0.5) is 0 Å². The zero-order valence-electron chi connectivity index (χ0n) is 12.1. The number of hydrogen-bond donors (Lipinski definition) is 1. The highest BCUT2D eigenvalue weighted by molar-refractivity contribution is 6.61. The van der Waals surface area contributed by atoms with Crippen LogP contribution in [-0.2, 0) is 22.4 Å². The summed E-state index contributed by atoms with van der Waals surface area (Å²) in [6.45, 7) is 0.509. The van der Waals surface area contributed by atoms with Crippen LogP contribution in [0.3, 0.4) is 0 Å². The van der Waals surface area contributed by atoms with Gasteiger partial charge in [-0.1, -0.05) is 35.3 Å². The maximum atomic E-state index is 12.1. The fourth-order valence-electron chi connectivity index (χ4n) is 2.44. The molecule has 0 radical (unpaired) electrons. The zero-order valence-corrected chi connectivity index (χ0v) is 13.6. The third kappa shape index (κ3) is 3.53. The van der Waals surface area contributed by atoms with Crippen LogP contribution in [0.2, 0.25) is 10.0 Å². The molecular weight excluding hydrogens is 338 g/mol. The number of carbonyl (C=O) groups excluding carboxylic acids is 1. The van der Waals surface area contributed by atoms with Gasteiger partial charge in [-0.2, -0.15) is 0 Å². The summed E-state index contributed by atoms with van der Waals surface area (Å²) in [5.74, 6) is -0.463. The molecule has 0 bridgehead atoms. The average molecular weight is 351 g/mol. The lowest BCUT2D eigenvalue weighted by atomic mass is 9.79. The molecule has 3 rings (SSSR count). The van der Waals surface area contributed by atoms with Gasteiger partial charge in [-0.3, -0.25) is 0 Å². The molecule has 2 aromatic rings. The van der Waals surface area contributed by atoms with Crippen LogP contribution in [0.1, 0.15) is 21.5 Å². The molecule has 1 aliphatic heterocycles. The van der Waals surface area contributed by atoms with Crippen LogP contribution in [-0.4, -0.2) is 24.7 Å². The van der Waals surface area contributed by atoms with Gasteiger partial charge in [0.15, 0.2) is 0 Å². The normalized spacial score (nSPS) is 13.1. The first kappa shape index (κ1) is 16.3. The Kier molecular flexibility index (Phi) is 4.92. The minimum absolute atomic E-state index is 0.165. The van der Waals surface area contributed by atoms with Crippen molar-refractivity contribution in [1.82, 2.24) is 0 Å². The quantitative estimate of drug-likeness (QED) is 0.680. The zero-order chi connectivity index (χ0) is 16.4. The monoisotopic (exact) mass is 350 g/mol. The predicted octanol–water partition coefficient (Wildman–Crippen LogP) is 2.61. The molecule has 1 aliphatic rings. The Hall–Kier alpha value is -1.53. The Morgan fingerprint density at radius 2 is 2.00 bits per heavy atom. The second kappa shape index (κ2) is 6.93. The second-order valence-corrected chi connectivity index (χ2v) is 5.98. The molecule has 1 N–H and O–H groups in total. The molecule has 0 spiro atoms. The van der Waals surface area contributed by atoms with Gasteiger partial charge in [0.2, 0.25) is 0 Å². The Balaban J connectivity index is 1.63. The molecule has 23 heavy (non-hydrogen) atoms. The maximum Gasteiger partial charge on any atom is 0.491 e. The number of rotatable bonds is 4. The van der Waals surface area contributed by atoms with E-state index in [0.717, 1.165) is 11.1 Å². The minimum atomic E-state index is -0.986. The molecule has 0 unspecified atom stereocenters. The molecule has 1 heterocycles. The van der Waals surface area contributed by atoms with E-state index >= 15 is 0 Å². The van der Waals surface area contributed by atoms with Crippen LogP contribution < -0.4 is 5.46 Å². The van der Waals surface area contributed by atoms with Crippen LogP contribution in [0.15, 0.2) is 36.4 Å². The molecule has 0 aliphatic carbocycles. The largest absolute Gasteiger partial charge is 0.491 e. The van der Waals surface area contributed by atoms with Gasteiger partial charge in [0.1, 0.15) is 0 Å². The van der Waals surface area contributed by atoms with Gasteiger partial charge in [-0.05, 0) is 40.9 Å². The number of halogens is 2. The van der Waals surface area contributed by atoms with E-state index in [1.165, 1.54) is 0 Å². The van der Waals surface area contributed by atoms with E-state index in [9.17, 15) is 9.82 Å². The summed E-state index contributed by atoms with van der Waals surface area (Å²) >= 11 is 12.2. The van der Waals surface area contributed by atoms with E-state index in [4.69, 9.17) is 32.6 Å². The molecule has 4 nitrogen and oxygen atoms in total. The van der Waals surface area contributed by atoms with Crippen molar-refractivity contribution in [2.45, 2.75) is 13.0 Å². The molecule has 0 saturated heterocycles. The van der Waals surface area contributed by atoms with E-state index in [2.05, 4.69) is 0 Å². The van der Waals surface area contributed by atoms with Crippen molar-refractivity contribution in [3.8, 4) is 0 Å². The summed E-state index contributed by atoms with van der Waals surface area (Å²) in [6, 6.07) is 10.3. The first-order valence-corrected chi connectivity index (χ1v) is 7.84. The Labute approximate surface area is 144 Å². The SMILES string of the molecule is O=C(OCCc1c(Cl)cccc1Cl)c1ccc2c(c1)B(O)OC2. The van der Waals surface area contributed by atoms with Gasteiger partial charge in [-0.25, -0.2) is 4.79 Å². The highest BCUT2D eigenvalue weighted by Gasteiger charge is 2.28. The van der Waals surface area contributed by atoms with E-state index in [-0.39, 0.29) is 6.61 Å². The highest BCUT2D eigenvalue weighted by atomic mass is 35.5. The predicted molar refractivity (Wildman–Crippen MR) is 89.3 cm³/mol. The first-order valence-electron chi connectivity index (χ1n) is 7.09. The standard InChI is InChI=1S/C16H13BCl2O4/c18-14-2-1-3-15(19)12(14)6-7-22-16(20)10-4-5-11-9-23-17(21)13(11)8-10/h1-5,8,21H,6-7,9H2. The van der Waals surface area contributed by atoms with Gasteiger partial charge < -0.3 is 14.4 Å². The Bertz CT molecular complexity index is 731. The van der Waals surface area contributed by atoms with Gasteiger partial charge in [0.05, 0.1) is 18.8 Å². The fraction of sp³-hybridized carbons (Fsp3) is 0.188. The second-order valence-electron chi connectivity index (χ2n) is 5.16. The first-order chi connectivity index (χ1) is 11.1. The molecular formula is C16H13BCl2O4. The van der Waals surface area contributed by atoms with E-state index in [0.29, 0.717) is 34.1 Å². The highest BCUT2D eigenvalue weighted by Crippen LogP contribution is 2.24. The van der Waals surface area contributed by atoms with Crippen LogP contribution >= 0.6 is 23.2 Å². The van der Waals surface area contributed by atoms with Gasteiger partial charge in [0, 0.05) is 16.5 Å². The Morgan fingerprint density at radius 1 is 1.26 bits per heavy atom. The van der Waals surface area contributed by atoms with Crippen molar-refractivity contribution in [2.24, 2.45) is 0 Å². The van der Waals surface area contributed by atoms with E-state index in [1.807, 2.05) is 0 Å². The molecule has 2 aromatic carbocycles. The average Bonchev–Trinajstić information content (AvgIpc) is 2.91. The molecule has 0 saturated carbocycles. The summed E-state index contributed by atoms with van der Waals surface area (Å²) in [5.41, 5.74) is 2.60. The van der Waals surface area contributed by atoms with Crippen LogP contribution in [0.25, 0.3) is 0 Å². The third-order valence-corrected chi connectivity index (χ3v) is 4.40. The molecule has 0 aromatic heterocycles. The number of hydrogen-bond acceptors (Lipinski definition) is 4. The molecule has 0 fully saturated rings. The summed E-state index contributed by atoms with van der Waals surface area (Å²) in [7, 11) is -0.986. The molecule has 0 amide bonds. The Morgan fingerprint density at radius 3 is 2.74 bits per heavy atom. The van der Waals surface area contributed by atoms with Crippen molar-refractivity contribution in [1.29, 1.82) is 0 Å². The lowest BCUT2D eigenvalue weighted by Crippen LogP contribution is -2.29. The van der Waals surface area contributed by atoms with Crippen molar-refractivity contribution in [3.63, 3.8) is 0 Å². The number of esters is 1. The van der Waals surface area contributed by atoms with Gasteiger partial charge in [-0.15, -0.1) is 0 Å². The minimum Gasteiger partial charge on any atom is -0.462 e. The number of fused-ring (bicyclic) bond motifs is 1. The fourth-order valence-corrected chi connectivity index (χ4v) is 3.03. The maximum absolute atomic E-state index is 12.1. The summed E-state index contributed by atoms with van der Waals surface area (Å²) in [6.07, 6.45) is 0.431. The topological polar surface area (TPSA) is 55.8 Å². The van der Waals surface area contributed by atoms with Gasteiger partial charge >= 0.3 is 13.1 Å². The third-order valence-electron chi connectivity index (χ3n) is 3.69. The van der Waals surface area contributed by atoms with Crippen LogP contribution in [0, 0.1) is 0 Å². The molecule has 0 atom stereocenters. The summed E-state index contributed by atoms with van der Waals surface area (Å²) in [4.78, 5) is 12.1. The van der Waals surface area contributed by atoms with Crippen molar-refractivity contribution < 1.29 is 19.2 Å². The van der Waals surface area contributed by atoms with Crippen molar-refractivity contribution >= 4 is 41.8 Å². The van der Waals surface area contributed by atoms with E-state index in [1.54, 1.807) is 36.4 Å². The van der Waals surface area contributed by atoms with Gasteiger partial charge in [0.25, 0.3) is 0 Å². The van der Waals surface area contributed by atoms with Crippen LogP contribution in [0.5, 0.6) is 0 Å². The van der Waals surface area contributed by atoms with Crippen molar-refractivity contribution in [2.75, 3.05) is 6.61 Å². The lowest BCUT2D eigenvalue weighted by Gasteiger charge is -2.09. The van der Waals surface area contributed by atoms with E-state index < -0.39 is 13.1 Å². The number of benzene rings is 2. The van der Waals surface area contributed by atoms with Crippen molar-refractivity contribution in [3.05, 3.63) is 63.1 Å².